The highest BCUT2D eigenvalue weighted by molar-refractivity contribution is 6.08. The summed E-state index contributed by atoms with van der Waals surface area (Å²) in [6.45, 7) is 7.81. The maximum atomic E-state index is 12.9. The molecule has 0 bridgehead atoms. The van der Waals surface area contributed by atoms with E-state index in [9.17, 15) is 4.79 Å². The van der Waals surface area contributed by atoms with E-state index in [1.807, 2.05) is 42.5 Å². The van der Waals surface area contributed by atoms with Crippen molar-refractivity contribution in [2.24, 2.45) is 5.41 Å². The Hall–Kier alpha value is -1.83. The highest BCUT2D eigenvalue weighted by Crippen LogP contribution is 2.46. The third kappa shape index (κ3) is 2.55. The summed E-state index contributed by atoms with van der Waals surface area (Å²) >= 11 is 0. The second-order valence-electron chi connectivity index (χ2n) is 7.30. The van der Waals surface area contributed by atoms with Crippen molar-refractivity contribution in [2.75, 3.05) is 6.54 Å². The molecule has 21 heavy (non-hydrogen) atoms. The Morgan fingerprint density at radius 2 is 1.86 bits per heavy atom. The van der Waals surface area contributed by atoms with Gasteiger partial charge in [-0.2, -0.15) is 0 Å². The molecular weight excluding hydrogens is 258 g/mol. The molecule has 2 aliphatic heterocycles. The molecule has 1 unspecified atom stereocenters. The van der Waals surface area contributed by atoms with Gasteiger partial charge < -0.3 is 4.90 Å². The van der Waals surface area contributed by atoms with Gasteiger partial charge in [-0.25, -0.2) is 0 Å². The van der Waals surface area contributed by atoms with Crippen LogP contribution in [0.3, 0.4) is 0 Å². The molecule has 2 aliphatic rings. The van der Waals surface area contributed by atoms with Crippen molar-refractivity contribution >= 4 is 5.78 Å². The number of carbonyl (C=O) groups is 1. The van der Waals surface area contributed by atoms with E-state index in [0.29, 0.717) is 0 Å². The van der Waals surface area contributed by atoms with Gasteiger partial charge in [-0.15, -0.1) is 0 Å². The fraction of sp³-hybridized carbons (Fsp3) is 0.421. The molecule has 110 valence electrons. The van der Waals surface area contributed by atoms with E-state index in [1.165, 1.54) is 0 Å². The van der Waals surface area contributed by atoms with Crippen molar-refractivity contribution in [3.05, 3.63) is 59.8 Å². The number of fused-ring (bicyclic) bond motifs is 1. The van der Waals surface area contributed by atoms with Crippen LogP contribution >= 0.6 is 0 Å². The standard InChI is InChI=1S/C19H23NO/c1-18(2)13-19(3)12-8-7-11-16(20(19)14-18)17(21)15-9-5-4-6-10-15/h4-11H,12-14H2,1-3H3. The van der Waals surface area contributed by atoms with E-state index in [-0.39, 0.29) is 16.7 Å². The van der Waals surface area contributed by atoms with Crippen LogP contribution in [0, 0.1) is 5.41 Å². The first-order chi connectivity index (χ1) is 9.91. The van der Waals surface area contributed by atoms with Gasteiger partial charge in [0.1, 0.15) is 0 Å². The van der Waals surface area contributed by atoms with Crippen molar-refractivity contribution < 1.29 is 4.79 Å². The molecule has 2 nitrogen and oxygen atoms in total. The quantitative estimate of drug-likeness (QED) is 0.757. The number of hydrogen-bond acceptors (Lipinski definition) is 2. The number of nitrogens with zero attached hydrogens (tertiary/aromatic N) is 1. The van der Waals surface area contributed by atoms with Gasteiger partial charge in [0.25, 0.3) is 0 Å². The Bertz CT molecular complexity index is 612. The molecular formula is C19H23NO. The first-order valence-electron chi connectivity index (χ1n) is 7.66. The molecule has 1 aromatic carbocycles. The van der Waals surface area contributed by atoms with Crippen LogP contribution in [0.1, 0.15) is 44.0 Å². The number of hydrogen-bond donors (Lipinski definition) is 0. The van der Waals surface area contributed by atoms with Gasteiger partial charge >= 0.3 is 0 Å². The number of ketones is 1. The lowest BCUT2D eigenvalue weighted by molar-refractivity contribution is 0.0954. The smallest absolute Gasteiger partial charge is 0.209 e. The average Bonchev–Trinajstić information content (AvgIpc) is 2.58. The lowest BCUT2D eigenvalue weighted by Crippen LogP contribution is -2.41. The van der Waals surface area contributed by atoms with Crippen LogP contribution in [0.2, 0.25) is 0 Å². The molecule has 0 amide bonds. The fourth-order valence-corrected chi connectivity index (χ4v) is 3.87. The SMILES string of the molecule is CC1(C)CN2C(C(=O)c3ccccc3)=CC=CCC2(C)C1. The van der Waals surface area contributed by atoms with Crippen molar-refractivity contribution in [3.63, 3.8) is 0 Å². The highest BCUT2D eigenvalue weighted by Gasteiger charge is 2.47. The zero-order valence-corrected chi connectivity index (χ0v) is 13.1. The number of rotatable bonds is 2. The molecule has 0 N–H and O–H groups in total. The predicted molar refractivity (Wildman–Crippen MR) is 86.1 cm³/mol. The van der Waals surface area contributed by atoms with E-state index in [4.69, 9.17) is 0 Å². The zero-order valence-electron chi connectivity index (χ0n) is 13.1. The van der Waals surface area contributed by atoms with Crippen LogP contribution in [0.25, 0.3) is 0 Å². The largest absolute Gasteiger partial charge is 0.362 e. The molecule has 0 saturated carbocycles. The number of carbonyl (C=O) groups excluding carboxylic acids is 1. The van der Waals surface area contributed by atoms with Gasteiger partial charge in [0, 0.05) is 17.6 Å². The van der Waals surface area contributed by atoms with Crippen LogP contribution < -0.4 is 0 Å². The summed E-state index contributed by atoms with van der Waals surface area (Å²) in [5.41, 5.74) is 1.90. The van der Waals surface area contributed by atoms with E-state index in [2.05, 4.69) is 31.7 Å². The molecule has 0 aliphatic carbocycles. The van der Waals surface area contributed by atoms with Gasteiger partial charge in [0.15, 0.2) is 0 Å². The van der Waals surface area contributed by atoms with Crippen molar-refractivity contribution in [1.29, 1.82) is 0 Å². The fourth-order valence-electron chi connectivity index (χ4n) is 3.87. The minimum atomic E-state index is 0.0484. The number of benzene rings is 1. The topological polar surface area (TPSA) is 20.3 Å². The second-order valence-corrected chi connectivity index (χ2v) is 7.30. The summed E-state index contributed by atoms with van der Waals surface area (Å²) in [7, 11) is 0. The Balaban J connectivity index is 1.99. The molecule has 1 atom stereocenters. The van der Waals surface area contributed by atoms with Crippen LogP contribution in [0.5, 0.6) is 0 Å². The summed E-state index contributed by atoms with van der Waals surface area (Å²) < 4.78 is 0. The molecule has 2 heterocycles. The minimum absolute atomic E-state index is 0.0484. The molecule has 1 fully saturated rings. The molecule has 3 rings (SSSR count). The molecule has 2 heteroatoms. The second kappa shape index (κ2) is 4.87. The lowest BCUT2D eigenvalue weighted by Gasteiger charge is -2.36. The van der Waals surface area contributed by atoms with Gasteiger partial charge in [-0.3, -0.25) is 4.79 Å². The number of Topliss-reactive ketones (excluding diaryl/α,β-unsaturated/α-hetero) is 1. The van der Waals surface area contributed by atoms with Crippen molar-refractivity contribution in [2.45, 2.75) is 39.2 Å². The normalized spacial score (nSPS) is 27.0. The minimum Gasteiger partial charge on any atom is -0.362 e. The maximum Gasteiger partial charge on any atom is 0.209 e. The van der Waals surface area contributed by atoms with Crippen LogP contribution in [-0.4, -0.2) is 22.8 Å². The molecule has 0 radical (unpaired) electrons. The van der Waals surface area contributed by atoms with Gasteiger partial charge in [0.05, 0.1) is 5.70 Å². The summed E-state index contributed by atoms with van der Waals surface area (Å²) in [5, 5.41) is 0. The van der Waals surface area contributed by atoms with E-state index in [0.717, 1.165) is 30.6 Å². The van der Waals surface area contributed by atoms with Crippen molar-refractivity contribution in [3.8, 4) is 0 Å². The molecule has 0 aromatic heterocycles. The van der Waals surface area contributed by atoms with Crippen molar-refractivity contribution in [1.82, 2.24) is 4.90 Å². The van der Waals surface area contributed by atoms with E-state index in [1.54, 1.807) is 0 Å². The molecule has 0 spiro atoms. The summed E-state index contributed by atoms with van der Waals surface area (Å²) in [6, 6.07) is 9.59. The first-order valence-corrected chi connectivity index (χ1v) is 7.66. The Morgan fingerprint density at radius 1 is 1.14 bits per heavy atom. The summed E-state index contributed by atoms with van der Waals surface area (Å²) in [4.78, 5) is 15.2. The Morgan fingerprint density at radius 3 is 2.57 bits per heavy atom. The third-order valence-corrected chi connectivity index (χ3v) is 4.60. The maximum absolute atomic E-state index is 12.9. The lowest BCUT2D eigenvalue weighted by atomic mass is 9.83. The third-order valence-electron chi connectivity index (χ3n) is 4.60. The van der Waals surface area contributed by atoms with Crippen LogP contribution in [0.4, 0.5) is 0 Å². The average molecular weight is 281 g/mol. The van der Waals surface area contributed by atoms with E-state index < -0.39 is 0 Å². The summed E-state index contributed by atoms with van der Waals surface area (Å²) in [5.74, 6) is 0.131. The van der Waals surface area contributed by atoms with Crippen LogP contribution in [0.15, 0.2) is 54.3 Å². The monoisotopic (exact) mass is 281 g/mol. The molecule has 1 aromatic rings. The zero-order chi connectivity index (χ0) is 15.1. The number of allylic oxidation sites excluding steroid dienone is 3. The Kier molecular flexibility index (Phi) is 3.27. The molecule has 1 saturated heterocycles. The van der Waals surface area contributed by atoms with E-state index >= 15 is 0 Å². The highest BCUT2D eigenvalue weighted by atomic mass is 16.1. The van der Waals surface area contributed by atoms with Crippen LogP contribution in [-0.2, 0) is 0 Å². The summed E-state index contributed by atoms with van der Waals surface area (Å²) in [6.07, 6.45) is 8.33. The predicted octanol–water partition coefficient (Wildman–Crippen LogP) is 4.20. The Labute approximate surface area is 127 Å². The van der Waals surface area contributed by atoms with Gasteiger partial charge in [-0.1, -0.05) is 56.3 Å². The van der Waals surface area contributed by atoms with Gasteiger partial charge in [-0.05, 0) is 31.3 Å². The van der Waals surface area contributed by atoms with Gasteiger partial charge in [0.2, 0.25) is 5.78 Å². The first kappa shape index (κ1) is 14.1.